The summed E-state index contributed by atoms with van der Waals surface area (Å²) in [4.78, 5) is 11.6. The van der Waals surface area contributed by atoms with Gasteiger partial charge in [0.2, 0.25) is 0 Å². The molecule has 0 fully saturated rings. The van der Waals surface area contributed by atoms with Crippen LogP contribution in [0.25, 0.3) is 0 Å². The molecule has 1 aliphatic heterocycles. The molecule has 0 N–H and O–H groups in total. The topological polar surface area (TPSA) is 35.5 Å². The summed E-state index contributed by atoms with van der Waals surface area (Å²) in [6, 6.07) is 0. The molecular weight excluding hydrogens is 451 g/mol. The van der Waals surface area contributed by atoms with E-state index in [-0.39, 0.29) is 12.4 Å². The van der Waals surface area contributed by atoms with E-state index in [4.69, 9.17) is 9.47 Å². The van der Waals surface area contributed by atoms with Gasteiger partial charge in [0.05, 0.1) is 0 Å². The third-order valence-corrected chi connectivity index (χ3v) is 5.36. The second kappa shape index (κ2) is 7.84. The summed E-state index contributed by atoms with van der Waals surface area (Å²) in [7, 11) is 0. The van der Waals surface area contributed by atoms with Crippen molar-refractivity contribution in [3.8, 4) is 11.5 Å². The number of hydrogen-bond donors (Lipinski definition) is 0. The minimum atomic E-state index is -6.95. The largest absolute Gasteiger partial charge is 0.485 e. The van der Waals surface area contributed by atoms with Crippen LogP contribution in [0.2, 0.25) is 0 Å². The summed E-state index contributed by atoms with van der Waals surface area (Å²) >= 11 is 1.68. The number of fused-ring (bicyclic) bond motifs is 1. The number of hydrogen-bond acceptors (Lipinski definition) is 5. The highest BCUT2D eigenvalue weighted by Gasteiger charge is 2.81. The Labute approximate surface area is 160 Å². The molecule has 0 radical (unpaired) electrons. The first kappa shape index (κ1) is 23.0. The van der Waals surface area contributed by atoms with E-state index in [0.29, 0.717) is 23.3 Å². The molecule has 0 aromatic carbocycles. The molecule has 2 rings (SSSR count). The molecule has 1 aromatic rings. The Morgan fingerprint density at radius 1 is 1.04 bits per heavy atom. The second-order valence-electron chi connectivity index (χ2n) is 5.69. The molecule has 14 heteroatoms. The summed E-state index contributed by atoms with van der Waals surface area (Å²) in [5.41, 5.74) is 0. The van der Waals surface area contributed by atoms with Gasteiger partial charge in [0.15, 0.2) is 16.6 Å². The average molecular weight is 462 g/mol. The summed E-state index contributed by atoms with van der Waals surface area (Å²) in [5, 5.41) is 2.17. The Hall–Kier alpha value is -1.31. The van der Waals surface area contributed by atoms with Crippen LogP contribution in [0.4, 0.5) is 39.5 Å². The van der Waals surface area contributed by atoms with Gasteiger partial charge in [0.1, 0.15) is 12.7 Å². The van der Waals surface area contributed by atoms with Gasteiger partial charge in [-0.25, -0.2) is 0 Å². The van der Waals surface area contributed by atoms with Crippen LogP contribution >= 0.6 is 23.1 Å². The number of thioether (sulfide) groups is 1. The molecule has 1 aromatic heterocycles. The molecule has 1 atom stereocenters. The van der Waals surface area contributed by atoms with Gasteiger partial charge in [-0.1, -0.05) is 11.8 Å². The SMILES string of the molecule is O=C(CCC(F)(F)C(F)(F)C(F)(F)C(F)(F)F)SCC1COc2cscc2O1. The van der Waals surface area contributed by atoms with Gasteiger partial charge >= 0.3 is 23.9 Å². The fourth-order valence-electron chi connectivity index (χ4n) is 2.03. The molecule has 0 saturated heterocycles. The van der Waals surface area contributed by atoms with E-state index in [2.05, 4.69) is 0 Å². The highest BCUT2D eigenvalue weighted by atomic mass is 32.2. The van der Waals surface area contributed by atoms with Crippen LogP contribution < -0.4 is 9.47 Å². The Morgan fingerprint density at radius 3 is 2.25 bits per heavy atom. The van der Waals surface area contributed by atoms with E-state index in [1.54, 1.807) is 10.8 Å². The normalized spacial score (nSPS) is 18.2. The van der Waals surface area contributed by atoms with Crippen molar-refractivity contribution in [2.24, 2.45) is 0 Å². The molecule has 2 heterocycles. The lowest BCUT2D eigenvalue weighted by molar-refractivity contribution is -0.396. The average Bonchev–Trinajstić information content (AvgIpc) is 3.04. The quantitative estimate of drug-likeness (QED) is 0.509. The van der Waals surface area contributed by atoms with Gasteiger partial charge in [0.25, 0.3) is 0 Å². The van der Waals surface area contributed by atoms with Crippen molar-refractivity contribution in [2.75, 3.05) is 12.4 Å². The predicted molar refractivity (Wildman–Crippen MR) is 81.8 cm³/mol. The van der Waals surface area contributed by atoms with Crippen LogP contribution in [-0.4, -0.2) is 47.5 Å². The van der Waals surface area contributed by atoms with E-state index in [9.17, 15) is 44.3 Å². The molecule has 0 saturated carbocycles. The second-order valence-corrected chi connectivity index (χ2v) is 7.51. The van der Waals surface area contributed by atoms with E-state index in [1.165, 1.54) is 11.3 Å². The van der Waals surface area contributed by atoms with Crippen LogP contribution in [0.1, 0.15) is 12.8 Å². The lowest BCUT2D eigenvalue weighted by Crippen LogP contribution is -2.60. The van der Waals surface area contributed by atoms with Crippen molar-refractivity contribution in [3.63, 3.8) is 0 Å². The minimum Gasteiger partial charge on any atom is -0.485 e. The lowest BCUT2D eigenvalue weighted by Gasteiger charge is -2.33. The van der Waals surface area contributed by atoms with Crippen molar-refractivity contribution in [1.82, 2.24) is 0 Å². The van der Waals surface area contributed by atoms with Crippen LogP contribution in [-0.2, 0) is 4.79 Å². The van der Waals surface area contributed by atoms with Crippen molar-refractivity contribution >= 4 is 28.2 Å². The lowest BCUT2D eigenvalue weighted by atomic mass is 10.00. The Balaban J connectivity index is 1.87. The third kappa shape index (κ3) is 4.47. The Kier molecular flexibility index (Phi) is 6.43. The highest BCUT2D eigenvalue weighted by molar-refractivity contribution is 8.13. The number of ether oxygens (including phenoxy) is 2. The highest BCUT2D eigenvalue weighted by Crippen LogP contribution is 2.54. The smallest absolute Gasteiger partial charge is 0.460 e. The monoisotopic (exact) mass is 462 g/mol. The maximum Gasteiger partial charge on any atom is 0.460 e. The molecule has 1 aliphatic rings. The van der Waals surface area contributed by atoms with Crippen molar-refractivity contribution in [1.29, 1.82) is 0 Å². The zero-order chi connectivity index (χ0) is 21.4. The number of carbonyl (C=O) groups excluding carboxylic acids is 1. The number of rotatable bonds is 7. The minimum absolute atomic E-state index is 0.0239. The number of alkyl halides is 9. The van der Waals surface area contributed by atoms with Crippen molar-refractivity contribution in [3.05, 3.63) is 10.8 Å². The molecule has 160 valence electrons. The summed E-state index contributed by atoms with van der Waals surface area (Å²) in [6.07, 6.45) is -11.0. The van der Waals surface area contributed by atoms with E-state index < -0.39 is 48.0 Å². The summed E-state index contributed by atoms with van der Waals surface area (Å²) in [6.45, 7) is 0.0239. The Bertz CT molecular complexity index is 702. The van der Waals surface area contributed by atoms with Gasteiger partial charge in [0, 0.05) is 29.4 Å². The van der Waals surface area contributed by atoms with E-state index in [0.717, 1.165) is 0 Å². The van der Waals surface area contributed by atoms with Crippen LogP contribution in [0, 0.1) is 0 Å². The van der Waals surface area contributed by atoms with Gasteiger partial charge in [-0.05, 0) is 0 Å². The molecule has 1 unspecified atom stereocenters. The van der Waals surface area contributed by atoms with E-state index >= 15 is 0 Å². The first-order valence-corrected chi connectivity index (χ1v) is 9.33. The Morgan fingerprint density at radius 2 is 1.64 bits per heavy atom. The molecule has 0 amide bonds. The van der Waals surface area contributed by atoms with Crippen molar-refractivity contribution < 1.29 is 53.8 Å². The zero-order valence-electron chi connectivity index (χ0n) is 13.5. The molecule has 3 nitrogen and oxygen atoms in total. The van der Waals surface area contributed by atoms with E-state index in [1.807, 2.05) is 0 Å². The van der Waals surface area contributed by atoms with Crippen LogP contribution in [0.5, 0.6) is 11.5 Å². The molecule has 0 bridgehead atoms. The first-order valence-electron chi connectivity index (χ1n) is 7.40. The molecular formula is C14H11F9O3S2. The van der Waals surface area contributed by atoms with Crippen LogP contribution in [0.15, 0.2) is 10.8 Å². The number of thiophene rings is 1. The summed E-state index contributed by atoms with van der Waals surface area (Å²) in [5.74, 6) is -18.7. The van der Waals surface area contributed by atoms with Gasteiger partial charge in [-0.15, -0.1) is 11.3 Å². The third-order valence-electron chi connectivity index (χ3n) is 3.59. The number of carbonyl (C=O) groups is 1. The van der Waals surface area contributed by atoms with Crippen LogP contribution in [0.3, 0.4) is 0 Å². The fraction of sp³-hybridized carbons (Fsp3) is 0.643. The molecule has 28 heavy (non-hydrogen) atoms. The molecule has 0 spiro atoms. The summed E-state index contributed by atoms with van der Waals surface area (Å²) < 4.78 is 125. The number of halogens is 9. The van der Waals surface area contributed by atoms with Gasteiger partial charge in [-0.3, -0.25) is 4.79 Å². The van der Waals surface area contributed by atoms with Crippen molar-refractivity contribution in [2.45, 2.75) is 42.9 Å². The predicted octanol–water partition coefficient (Wildman–Crippen LogP) is 5.40. The standard InChI is InChI=1S/C14H11F9O3S2/c15-11(16,12(17,18)13(19,20)14(21,22)23)2-1-10(24)28-4-7-3-25-8-5-27-6-9(8)26-7/h5-7H,1-4H2. The maximum atomic E-state index is 13.4. The van der Waals surface area contributed by atoms with Gasteiger partial charge in [-0.2, -0.15) is 39.5 Å². The first-order chi connectivity index (χ1) is 12.7. The maximum absolute atomic E-state index is 13.4. The zero-order valence-corrected chi connectivity index (χ0v) is 15.1. The molecule has 0 aliphatic carbocycles. The fourth-order valence-corrected chi connectivity index (χ4v) is 3.48. The van der Waals surface area contributed by atoms with Gasteiger partial charge < -0.3 is 9.47 Å².